The van der Waals surface area contributed by atoms with E-state index in [1.54, 1.807) is 6.33 Å². The molecule has 2 N–H and O–H groups in total. The second kappa shape index (κ2) is 6.05. The molecule has 1 aromatic carbocycles. The molecule has 0 spiro atoms. The first kappa shape index (κ1) is 13.8. The molecule has 0 atom stereocenters. The zero-order valence-electron chi connectivity index (χ0n) is 11.7. The van der Waals surface area contributed by atoms with Gasteiger partial charge in [0.2, 0.25) is 0 Å². The molecule has 0 aliphatic heterocycles. The van der Waals surface area contributed by atoms with E-state index in [9.17, 15) is 0 Å². The lowest BCUT2D eigenvalue weighted by molar-refractivity contribution is 0.861. The fraction of sp³-hybridized carbons (Fsp3) is 0.200. The van der Waals surface area contributed by atoms with Crippen LogP contribution in [0.1, 0.15) is 18.9 Å². The molecule has 6 heteroatoms. The number of hydrogen-bond acceptors (Lipinski definition) is 6. The Morgan fingerprint density at radius 1 is 1.00 bits per heavy atom. The van der Waals surface area contributed by atoms with Crippen molar-refractivity contribution in [3.8, 4) is 0 Å². The predicted octanol–water partition coefficient (Wildman–Crippen LogP) is 3.11. The Morgan fingerprint density at radius 2 is 1.76 bits per heavy atom. The van der Waals surface area contributed by atoms with Gasteiger partial charge < -0.3 is 5.73 Å². The lowest BCUT2D eigenvalue weighted by Crippen LogP contribution is -2.02. The highest BCUT2D eigenvalue weighted by molar-refractivity contribution is 7.99. The molecule has 0 aliphatic rings. The number of aromatic nitrogens is 4. The molecule has 106 valence electrons. The number of hydrogen-bond donors (Lipinski definition) is 1. The summed E-state index contributed by atoms with van der Waals surface area (Å²) in [7, 11) is 0. The van der Waals surface area contributed by atoms with Gasteiger partial charge in [0.1, 0.15) is 28.5 Å². The largest absolute Gasteiger partial charge is 0.383 e. The summed E-state index contributed by atoms with van der Waals surface area (Å²) in [6.45, 7) is 2.11. The minimum Gasteiger partial charge on any atom is -0.383 e. The minimum atomic E-state index is 0.549. The number of nitrogens with two attached hydrogens (primary N) is 1. The van der Waals surface area contributed by atoms with Crippen LogP contribution < -0.4 is 5.73 Å². The van der Waals surface area contributed by atoms with Gasteiger partial charge >= 0.3 is 0 Å². The fourth-order valence-corrected chi connectivity index (χ4v) is 3.13. The summed E-state index contributed by atoms with van der Waals surface area (Å²) >= 11 is 1.52. The van der Waals surface area contributed by atoms with Crippen molar-refractivity contribution in [2.45, 2.75) is 29.8 Å². The van der Waals surface area contributed by atoms with Gasteiger partial charge in [0, 0.05) is 10.9 Å². The summed E-state index contributed by atoms with van der Waals surface area (Å²) in [5.41, 5.74) is 7.89. The fourth-order valence-electron chi connectivity index (χ4n) is 2.13. The van der Waals surface area contributed by atoms with Crippen molar-refractivity contribution in [3.63, 3.8) is 0 Å². The highest BCUT2D eigenvalue weighted by Crippen LogP contribution is 2.33. The van der Waals surface area contributed by atoms with Crippen LogP contribution in [0, 0.1) is 0 Å². The summed E-state index contributed by atoms with van der Waals surface area (Å²) in [5, 5.41) is 2.77. The molecule has 0 unspecified atom stereocenters. The van der Waals surface area contributed by atoms with Crippen molar-refractivity contribution in [3.05, 3.63) is 42.5 Å². The SMILES string of the molecule is CCCc1c(N)ncnc1Sc1ncnc2ccccc12. The van der Waals surface area contributed by atoms with Crippen LogP contribution in [-0.2, 0) is 6.42 Å². The Hall–Kier alpha value is -2.21. The molecule has 0 saturated carbocycles. The second-order valence-corrected chi connectivity index (χ2v) is 5.57. The van der Waals surface area contributed by atoms with Gasteiger partial charge in [-0.3, -0.25) is 0 Å². The first-order chi connectivity index (χ1) is 10.3. The molecular formula is C15H15N5S. The van der Waals surface area contributed by atoms with E-state index in [-0.39, 0.29) is 0 Å². The Labute approximate surface area is 127 Å². The second-order valence-electron chi connectivity index (χ2n) is 4.59. The molecule has 3 rings (SSSR count). The molecule has 21 heavy (non-hydrogen) atoms. The van der Waals surface area contributed by atoms with Crippen LogP contribution in [0.4, 0.5) is 5.82 Å². The van der Waals surface area contributed by atoms with Crippen LogP contribution in [-0.4, -0.2) is 19.9 Å². The molecule has 0 fully saturated rings. The third kappa shape index (κ3) is 2.80. The van der Waals surface area contributed by atoms with E-state index in [1.807, 2.05) is 24.3 Å². The Morgan fingerprint density at radius 3 is 2.62 bits per heavy atom. The quantitative estimate of drug-likeness (QED) is 0.746. The summed E-state index contributed by atoms with van der Waals surface area (Å²) < 4.78 is 0. The number of benzene rings is 1. The van der Waals surface area contributed by atoms with Gasteiger partial charge in [-0.05, 0) is 24.2 Å². The van der Waals surface area contributed by atoms with Crippen molar-refractivity contribution in [1.82, 2.24) is 19.9 Å². The summed E-state index contributed by atoms with van der Waals surface area (Å²) in [4.78, 5) is 17.1. The maximum absolute atomic E-state index is 5.98. The molecule has 2 heterocycles. The predicted molar refractivity (Wildman–Crippen MR) is 84.1 cm³/mol. The Balaban J connectivity index is 2.05. The lowest BCUT2D eigenvalue weighted by Gasteiger charge is -2.09. The monoisotopic (exact) mass is 297 g/mol. The third-order valence-electron chi connectivity index (χ3n) is 3.14. The molecule has 2 aromatic heterocycles. The van der Waals surface area contributed by atoms with Crippen LogP contribution >= 0.6 is 11.8 Å². The van der Waals surface area contributed by atoms with Crippen molar-refractivity contribution >= 4 is 28.5 Å². The van der Waals surface area contributed by atoms with Gasteiger partial charge in [-0.25, -0.2) is 19.9 Å². The molecule has 3 aromatic rings. The smallest absolute Gasteiger partial charge is 0.131 e. The molecule has 0 saturated heterocycles. The standard InChI is InChI=1S/C15H15N5S/c1-2-5-11-13(16)18-9-20-15(11)21-14-10-6-3-4-7-12(10)17-8-19-14/h3-4,6-9H,2,5H2,1H3,(H2,16,18,20). The van der Waals surface area contributed by atoms with Gasteiger partial charge in [-0.1, -0.05) is 31.5 Å². The van der Waals surface area contributed by atoms with Crippen molar-refractivity contribution in [2.75, 3.05) is 5.73 Å². The normalized spacial score (nSPS) is 10.9. The first-order valence-electron chi connectivity index (χ1n) is 6.76. The summed E-state index contributed by atoms with van der Waals surface area (Å²) in [6.07, 6.45) is 4.93. The van der Waals surface area contributed by atoms with Crippen molar-refractivity contribution < 1.29 is 0 Å². The Bertz CT molecular complexity index is 770. The number of para-hydroxylation sites is 1. The summed E-state index contributed by atoms with van der Waals surface area (Å²) in [5.74, 6) is 0.549. The zero-order valence-corrected chi connectivity index (χ0v) is 12.5. The number of rotatable bonds is 4. The average molecular weight is 297 g/mol. The average Bonchev–Trinajstić information content (AvgIpc) is 2.51. The molecule has 0 radical (unpaired) electrons. The van der Waals surface area contributed by atoms with E-state index in [0.29, 0.717) is 5.82 Å². The molecule has 0 amide bonds. The number of nitrogen functional groups attached to an aromatic ring is 1. The highest BCUT2D eigenvalue weighted by atomic mass is 32.2. The van der Waals surface area contributed by atoms with Crippen LogP contribution in [0.3, 0.4) is 0 Å². The Kier molecular flexibility index (Phi) is 3.96. The van der Waals surface area contributed by atoms with E-state index in [4.69, 9.17) is 5.73 Å². The van der Waals surface area contributed by atoms with E-state index in [1.165, 1.54) is 18.1 Å². The van der Waals surface area contributed by atoms with E-state index >= 15 is 0 Å². The zero-order chi connectivity index (χ0) is 14.7. The van der Waals surface area contributed by atoms with Crippen LogP contribution in [0.2, 0.25) is 0 Å². The molecule has 0 aliphatic carbocycles. The van der Waals surface area contributed by atoms with Gasteiger partial charge in [0.15, 0.2) is 0 Å². The maximum Gasteiger partial charge on any atom is 0.131 e. The van der Waals surface area contributed by atoms with E-state index in [0.717, 1.165) is 39.4 Å². The molecule has 0 bridgehead atoms. The number of anilines is 1. The van der Waals surface area contributed by atoms with Crippen LogP contribution in [0.15, 0.2) is 47.0 Å². The minimum absolute atomic E-state index is 0.549. The topological polar surface area (TPSA) is 77.6 Å². The van der Waals surface area contributed by atoms with Gasteiger partial charge in [-0.15, -0.1) is 0 Å². The maximum atomic E-state index is 5.98. The first-order valence-corrected chi connectivity index (χ1v) is 7.58. The van der Waals surface area contributed by atoms with Crippen LogP contribution in [0.5, 0.6) is 0 Å². The van der Waals surface area contributed by atoms with Crippen molar-refractivity contribution in [2.24, 2.45) is 0 Å². The van der Waals surface area contributed by atoms with E-state index in [2.05, 4.69) is 26.9 Å². The van der Waals surface area contributed by atoms with Crippen LogP contribution in [0.25, 0.3) is 10.9 Å². The third-order valence-corrected chi connectivity index (χ3v) is 4.20. The van der Waals surface area contributed by atoms with Crippen molar-refractivity contribution in [1.29, 1.82) is 0 Å². The molecular weight excluding hydrogens is 282 g/mol. The lowest BCUT2D eigenvalue weighted by atomic mass is 10.2. The van der Waals surface area contributed by atoms with Gasteiger partial charge in [0.05, 0.1) is 5.52 Å². The number of nitrogens with zero attached hydrogens (tertiary/aromatic N) is 4. The molecule has 5 nitrogen and oxygen atoms in total. The van der Waals surface area contributed by atoms with Gasteiger partial charge in [-0.2, -0.15) is 0 Å². The van der Waals surface area contributed by atoms with Gasteiger partial charge in [0.25, 0.3) is 0 Å². The number of fused-ring (bicyclic) bond motifs is 1. The summed E-state index contributed by atoms with van der Waals surface area (Å²) in [6, 6.07) is 7.94. The highest BCUT2D eigenvalue weighted by Gasteiger charge is 2.12. The van der Waals surface area contributed by atoms with E-state index < -0.39 is 0 Å².